The average molecular weight is 406 g/mol. The first-order valence-electron chi connectivity index (χ1n) is 9.56. The molecule has 2 aliphatic rings. The number of aromatic nitrogens is 4. The summed E-state index contributed by atoms with van der Waals surface area (Å²) in [7, 11) is 0. The SMILES string of the molecule is Cc1noc(C)c1-c1cn(-c2ccc3c(c2)CN(C2CCC(=O)NC2=O)C3=O)nn1. The van der Waals surface area contributed by atoms with Crippen molar-refractivity contribution in [2.75, 3.05) is 0 Å². The van der Waals surface area contributed by atoms with Gasteiger partial charge in [-0.15, -0.1) is 5.10 Å². The number of amides is 3. The number of rotatable bonds is 3. The van der Waals surface area contributed by atoms with Gasteiger partial charge in [0.15, 0.2) is 0 Å². The predicted octanol–water partition coefficient (Wildman–Crippen LogP) is 1.30. The van der Waals surface area contributed by atoms with E-state index in [1.54, 1.807) is 23.0 Å². The molecule has 1 saturated heterocycles. The smallest absolute Gasteiger partial charge is 0.255 e. The third-order valence-electron chi connectivity index (χ3n) is 5.55. The first-order valence-corrected chi connectivity index (χ1v) is 9.56. The molecule has 1 fully saturated rings. The van der Waals surface area contributed by atoms with E-state index < -0.39 is 11.9 Å². The minimum absolute atomic E-state index is 0.207. The summed E-state index contributed by atoms with van der Waals surface area (Å²) in [5.41, 5.74) is 4.29. The number of carbonyl (C=O) groups excluding carboxylic acids is 3. The van der Waals surface area contributed by atoms with Crippen molar-refractivity contribution in [2.45, 2.75) is 39.3 Å². The Kier molecular flexibility index (Phi) is 4.02. The maximum atomic E-state index is 12.8. The summed E-state index contributed by atoms with van der Waals surface area (Å²) in [6.07, 6.45) is 2.34. The van der Waals surface area contributed by atoms with E-state index >= 15 is 0 Å². The zero-order valence-corrected chi connectivity index (χ0v) is 16.4. The summed E-state index contributed by atoms with van der Waals surface area (Å²) in [5.74, 6) is -0.268. The Morgan fingerprint density at radius 1 is 1.20 bits per heavy atom. The van der Waals surface area contributed by atoms with Gasteiger partial charge >= 0.3 is 0 Å². The summed E-state index contributed by atoms with van der Waals surface area (Å²) in [6, 6.07) is 4.75. The molecule has 1 aromatic carbocycles. The van der Waals surface area contributed by atoms with Crippen LogP contribution >= 0.6 is 0 Å². The van der Waals surface area contributed by atoms with Crippen LogP contribution in [-0.4, -0.2) is 48.8 Å². The fourth-order valence-electron chi connectivity index (χ4n) is 4.06. The van der Waals surface area contributed by atoms with E-state index in [1.165, 1.54) is 4.90 Å². The quantitative estimate of drug-likeness (QED) is 0.650. The van der Waals surface area contributed by atoms with E-state index in [0.717, 1.165) is 22.5 Å². The fraction of sp³-hybridized carbons (Fsp3) is 0.300. The van der Waals surface area contributed by atoms with Crippen LogP contribution in [-0.2, 0) is 16.1 Å². The van der Waals surface area contributed by atoms with Gasteiger partial charge in [0.05, 0.1) is 23.1 Å². The molecule has 0 aliphatic carbocycles. The van der Waals surface area contributed by atoms with Gasteiger partial charge in [-0.1, -0.05) is 10.4 Å². The third kappa shape index (κ3) is 2.79. The Morgan fingerprint density at radius 3 is 2.77 bits per heavy atom. The van der Waals surface area contributed by atoms with Crippen LogP contribution < -0.4 is 5.32 Å². The van der Waals surface area contributed by atoms with E-state index in [1.807, 2.05) is 19.9 Å². The van der Waals surface area contributed by atoms with Crippen LogP contribution in [0.15, 0.2) is 28.9 Å². The second-order valence-corrected chi connectivity index (χ2v) is 7.49. The molecule has 3 aromatic rings. The van der Waals surface area contributed by atoms with E-state index in [0.29, 0.717) is 30.0 Å². The molecule has 0 radical (unpaired) electrons. The van der Waals surface area contributed by atoms with E-state index in [2.05, 4.69) is 20.8 Å². The van der Waals surface area contributed by atoms with Gasteiger partial charge in [-0.2, -0.15) is 0 Å². The predicted molar refractivity (Wildman–Crippen MR) is 102 cm³/mol. The van der Waals surface area contributed by atoms with Gasteiger partial charge in [0.1, 0.15) is 17.5 Å². The first kappa shape index (κ1) is 18.2. The molecule has 2 aliphatic heterocycles. The van der Waals surface area contributed by atoms with Crippen LogP contribution in [0.2, 0.25) is 0 Å². The topological polar surface area (TPSA) is 123 Å². The number of aryl methyl sites for hydroxylation is 2. The zero-order valence-electron chi connectivity index (χ0n) is 16.4. The van der Waals surface area contributed by atoms with Gasteiger partial charge in [-0.25, -0.2) is 4.68 Å². The number of imide groups is 1. The Labute approximate surface area is 170 Å². The van der Waals surface area contributed by atoms with Crippen LogP contribution in [0.4, 0.5) is 0 Å². The summed E-state index contributed by atoms with van der Waals surface area (Å²) in [6.45, 7) is 3.97. The largest absolute Gasteiger partial charge is 0.361 e. The van der Waals surface area contributed by atoms with Crippen molar-refractivity contribution >= 4 is 17.7 Å². The molecule has 2 aromatic heterocycles. The lowest BCUT2D eigenvalue weighted by atomic mass is 10.0. The van der Waals surface area contributed by atoms with Crippen molar-refractivity contribution in [3.8, 4) is 16.9 Å². The molecular weight excluding hydrogens is 388 g/mol. The maximum absolute atomic E-state index is 12.8. The van der Waals surface area contributed by atoms with Gasteiger partial charge in [0, 0.05) is 18.5 Å². The molecular formula is C20H18N6O4. The molecule has 3 amide bonds. The lowest BCUT2D eigenvalue weighted by Crippen LogP contribution is -2.52. The highest BCUT2D eigenvalue weighted by atomic mass is 16.5. The van der Waals surface area contributed by atoms with E-state index in [4.69, 9.17) is 4.52 Å². The van der Waals surface area contributed by atoms with Crippen molar-refractivity contribution in [1.29, 1.82) is 0 Å². The number of carbonyl (C=O) groups is 3. The number of fused-ring (bicyclic) bond motifs is 1. The molecule has 1 N–H and O–H groups in total. The monoisotopic (exact) mass is 406 g/mol. The number of hydrogen-bond acceptors (Lipinski definition) is 7. The Bertz CT molecular complexity index is 1190. The minimum atomic E-state index is -0.636. The Morgan fingerprint density at radius 2 is 2.03 bits per heavy atom. The molecule has 10 heteroatoms. The molecule has 0 saturated carbocycles. The number of nitrogens with zero attached hydrogens (tertiary/aromatic N) is 5. The van der Waals surface area contributed by atoms with Crippen molar-refractivity contribution in [2.24, 2.45) is 0 Å². The second-order valence-electron chi connectivity index (χ2n) is 7.49. The molecule has 1 atom stereocenters. The van der Waals surface area contributed by atoms with Gasteiger partial charge in [-0.3, -0.25) is 19.7 Å². The van der Waals surface area contributed by atoms with E-state index in [9.17, 15) is 14.4 Å². The minimum Gasteiger partial charge on any atom is -0.361 e. The number of nitrogens with one attached hydrogen (secondary N) is 1. The lowest BCUT2D eigenvalue weighted by Gasteiger charge is -2.29. The normalized spacial score (nSPS) is 18.7. The molecule has 30 heavy (non-hydrogen) atoms. The number of hydrogen-bond donors (Lipinski definition) is 1. The highest BCUT2D eigenvalue weighted by molar-refractivity contribution is 6.05. The Balaban J connectivity index is 1.43. The molecule has 0 spiro atoms. The van der Waals surface area contributed by atoms with Crippen LogP contribution in [0, 0.1) is 13.8 Å². The molecule has 0 bridgehead atoms. The van der Waals surface area contributed by atoms with Gasteiger partial charge in [0.2, 0.25) is 11.8 Å². The highest BCUT2D eigenvalue weighted by Gasteiger charge is 2.39. The number of piperidine rings is 1. The van der Waals surface area contributed by atoms with Crippen LogP contribution in [0.3, 0.4) is 0 Å². The van der Waals surface area contributed by atoms with Crippen LogP contribution in [0.1, 0.15) is 40.2 Å². The average Bonchev–Trinajstić information content (AvgIpc) is 3.40. The zero-order chi connectivity index (χ0) is 21.0. The Hall–Kier alpha value is -3.82. The molecule has 4 heterocycles. The van der Waals surface area contributed by atoms with E-state index in [-0.39, 0.29) is 18.2 Å². The van der Waals surface area contributed by atoms with Crippen molar-refractivity contribution < 1.29 is 18.9 Å². The fourth-order valence-corrected chi connectivity index (χ4v) is 4.06. The van der Waals surface area contributed by atoms with Crippen LogP contribution in [0.25, 0.3) is 16.9 Å². The molecule has 152 valence electrons. The van der Waals surface area contributed by atoms with Crippen molar-refractivity contribution in [3.63, 3.8) is 0 Å². The van der Waals surface area contributed by atoms with Gasteiger partial charge in [0.25, 0.3) is 5.91 Å². The summed E-state index contributed by atoms with van der Waals surface area (Å²) >= 11 is 0. The molecule has 10 nitrogen and oxygen atoms in total. The highest BCUT2D eigenvalue weighted by Crippen LogP contribution is 2.30. The molecule has 5 rings (SSSR count). The first-order chi connectivity index (χ1) is 14.4. The van der Waals surface area contributed by atoms with Gasteiger partial charge in [-0.05, 0) is 44.0 Å². The summed E-state index contributed by atoms with van der Waals surface area (Å²) in [5, 5.41) is 14.7. The number of benzene rings is 1. The van der Waals surface area contributed by atoms with Crippen molar-refractivity contribution in [1.82, 2.24) is 30.4 Å². The maximum Gasteiger partial charge on any atom is 0.255 e. The lowest BCUT2D eigenvalue weighted by molar-refractivity contribution is -0.136. The second kappa shape index (κ2) is 6.61. The van der Waals surface area contributed by atoms with Crippen LogP contribution in [0.5, 0.6) is 0 Å². The third-order valence-corrected chi connectivity index (χ3v) is 5.55. The molecule has 1 unspecified atom stereocenters. The van der Waals surface area contributed by atoms with Crippen molar-refractivity contribution in [3.05, 3.63) is 47.0 Å². The summed E-state index contributed by atoms with van der Waals surface area (Å²) in [4.78, 5) is 37.9. The standard InChI is InChI=1S/C20H18N6O4/c1-10-18(11(2)30-23-10)15-9-26(24-22-15)13-3-4-14-12(7-13)8-25(20(14)29)16-5-6-17(27)21-19(16)28/h3-4,7,9,16H,5-6,8H2,1-2H3,(H,21,27,28). The summed E-state index contributed by atoms with van der Waals surface area (Å²) < 4.78 is 6.82. The van der Waals surface area contributed by atoms with Gasteiger partial charge < -0.3 is 9.42 Å².